The molecule has 1 fully saturated rings. The van der Waals surface area contributed by atoms with Crippen LogP contribution in [-0.4, -0.2) is 42.7 Å². The summed E-state index contributed by atoms with van der Waals surface area (Å²) >= 11 is 0. The summed E-state index contributed by atoms with van der Waals surface area (Å²) in [4.78, 5) is 6.90. The quantitative estimate of drug-likeness (QED) is 0.316. The first kappa shape index (κ1) is 23.7. The lowest BCUT2D eigenvalue weighted by atomic mass is 10.1. The summed E-state index contributed by atoms with van der Waals surface area (Å²) in [5, 5.41) is 11.1. The number of nitrogens with one attached hydrogen (secondary N) is 2. The third kappa shape index (κ3) is 6.21. The Kier molecular flexibility index (Phi) is 9.99. The molecular formula is C21H34IN5O2. The van der Waals surface area contributed by atoms with E-state index in [9.17, 15) is 0 Å². The molecule has 1 saturated heterocycles. The maximum absolute atomic E-state index is 5.73. The SMILES string of the molecule is CCc1noc(CC)c1CNC(=NC)NCC(c1ccco1)N1CCCCC1.I. The summed E-state index contributed by atoms with van der Waals surface area (Å²) < 4.78 is 11.2. The van der Waals surface area contributed by atoms with Crippen LogP contribution in [0.5, 0.6) is 0 Å². The second-order valence-corrected chi connectivity index (χ2v) is 7.17. The van der Waals surface area contributed by atoms with Crippen LogP contribution in [0.1, 0.15) is 61.9 Å². The van der Waals surface area contributed by atoms with Gasteiger partial charge in [-0.3, -0.25) is 9.89 Å². The first-order valence-electron chi connectivity index (χ1n) is 10.4. The van der Waals surface area contributed by atoms with Gasteiger partial charge in [0.15, 0.2) is 5.96 Å². The lowest BCUT2D eigenvalue weighted by molar-refractivity contribution is 0.146. The van der Waals surface area contributed by atoms with E-state index < -0.39 is 0 Å². The maximum atomic E-state index is 5.73. The average molecular weight is 515 g/mol. The molecule has 0 spiro atoms. The van der Waals surface area contributed by atoms with E-state index in [0.717, 1.165) is 61.2 Å². The Balaban J connectivity index is 0.00000300. The lowest BCUT2D eigenvalue weighted by Gasteiger charge is -2.33. The highest BCUT2D eigenvalue weighted by molar-refractivity contribution is 14.0. The number of halogens is 1. The fourth-order valence-electron chi connectivity index (χ4n) is 3.84. The van der Waals surface area contributed by atoms with E-state index in [2.05, 4.69) is 45.6 Å². The largest absolute Gasteiger partial charge is 0.468 e. The number of hydrogen-bond donors (Lipinski definition) is 2. The van der Waals surface area contributed by atoms with Crippen molar-refractivity contribution >= 4 is 29.9 Å². The molecular weight excluding hydrogens is 481 g/mol. The number of aromatic nitrogens is 1. The molecule has 0 saturated carbocycles. The van der Waals surface area contributed by atoms with Crippen LogP contribution >= 0.6 is 24.0 Å². The van der Waals surface area contributed by atoms with Crippen LogP contribution in [0.3, 0.4) is 0 Å². The molecule has 3 rings (SSSR count). The van der Waals surface area contributed by atoms with Crippen molar-refractivity contribution in [1.29, 1.82) is 0 Å². The summed E-state index contributed by atoms with van der Waals surface area (Å²) in [5.41, 5.74) is 2.16. The van der Waals surface area contributed by atoms with E-state index in [1.165, 1.54) is 19.3 Å². The van der Waals surface area contributed by atoms with Crippen LogP contribution in [0.25, 0.3) is 0 Å². The highest BCUT2D eigenvalue weighted by atomic mass is 127. The Bertz CT molecular complexity index is 717. The third-order valence-corrected chi connectivity index (χ3v) is 5.43. The van der Waals surface area contributed by atoms with Crippen LogP contribution in [0, 0.1) is 0 Å². The Labute approximate surface area is 190 Å². The van der Waals surface area contributed by atoms with Gasteiger partial charge >= 0.3 is 0 Å². The van der Waals surface area contributed by atoms with E-state index in [-0.39, 0.29) is 30.0 Å². The first-order valence-corrected chi connectivity index (χ1v) is 10.4. The Morgan fingerprint density at radius 1 is 1.21 bits per heavy atom. The summed E-state index contributed by atoms with van der Waals surface area (Å²) in [6.45, 7) is 7.81. The molecule has 8 heteroatoms. The highest BCUT2D eigenvalue weighted by Gasteiger charge is 2.24. The van der Waals surface area contributed by atoms with Gasteiger partial charge in [0.25, 0.3) is 0 Å². The molecule has 3 heterocycles. The van der Waals surface area contributed by atoms with Crippen molar-refractivity contribution in [3.8, 4) is 0 Å². The topological polar surface area (TPSA) is 78.8 Å². The molecule has 0 aromatic carbocycles. The standard InChI is InChI=1S/C21H33N5O2.HI/c1-4-17-16(19(5-2)28-25-17)14-23-21(22-3)24-15-18(20-10-9-13-27-20)26-11-7-6-8-12-26;/h9-10,13,18H,4-8,11-12,14-15H2,1-3H3,(H2,22,23,24);1H. The van der Waals surface area contributed by atoms with E-state index >= 15 is 0 Å². The van der Waals surface area contributed by atoms with Gasteiger partial charge < -0.3 is 19.6 Å². The predicted molar refractivity (Wildman–Crippen MR) is 126 cm³/mol. The fraction of sp³-hybridized carbons (Fsp3) is 0.619. The molecule has 2 N–H and O–H groups in total. The van der Waals surface area contributed by atoms with Gasteiger partial charge in [0.1, 0.15) is 11.5 Å². The number of piperidine rings is 1. The summed E-state index contributed by atoms with van der Waals surface area (Å²) in [7, 11) is 1.80. The highest BCUT2D eigenvalue weighted by Crippen LogP contribution is 2.24. The van der Waals surface area contributed by atoms with Gasteiger partial charge in [-0.2, -0.15) is 0 Å². The molecule has 1 atom stereocenters. The molecule has 0 amide bonds. The van der Waals surface area contributed by atoms with Gasteiger partial charge in [-0.05, 0) is 44.5 Å². The Hall–Kier alpha value is -1.55. The van der Waals surface area contributed by atoms with Gasteiger partial charge in [0.05, 0.1) is 18.0 Å². The van der Waals surface area contributed by atoms with E-state index in [4.69, 9.17) is 8.94 Å². The Morgan fingerprint density at radius 3 is 2.62 bits per heavy atom. The molecule has 7 nitrogen and oxygen atoms in total. The summed E-state index contributed by atoms with van der Waals surface area (Å²) in [6.07, 6.45) is 7.27. The molecule has 0 aliphatic carbocycles. The zero-order chi connectivity index (χ0) is 19.8. The van der Waals surface area contributed by atoms with Crippen molar-refractivity contribution in [2.45, 2.75) is 58.5 Å². The lowest BCUT2D eigenvalue weighted by Crippen LogP contribution is -2.44. The van der Waals surface area contributed by atoms with Crippen LogP contribution in [0.2, 0.25) is 0 Å². The number of aryl methyl sites for hydroxylation is 2. The first-order chi connectivity index (χ1) is 13.8. The predicted octanol–water partition coefficient (Wildman–Crippen LogP) is 3.90. The number of furan rings is 1. The van der Waals surface area contributed by atoms with E-state index in [1.54, 1.807) is 13.3 Å². The number of hydrogen-bond acceptors (Lipinski definition) is 5. The number of likely N-dealkylation sites (tertiary alicyclic amines) is 1. The molecule has 29 heavy (non-hydrogen) atoms. The number of nitrogens with zero attached hydrogens (tertiary/aromatic N) is 3. The van der Waals surface area contributed by atoms with Gasteiger partial charge in [-0.25, -0.2) is 0 Å². The third-order valence-electron chi connectivity index (χ3n) is 5.43. The molecule has 2 aromatic rings. The van der Waals surface area contributed by atoms with Gasteiger partial charge in [0, 0.05) is 32.1 Å². The second kappa shape index (κ2) is 12.2. The second-order valence-electron chi connectivity index (χ2n) is 7.17. The minimum absolute atomic E-state index is 0. The van der Waals surface area contributed by atoms with Crippen molar-refractivity contribution in [3.05, 3.63) is 41.2 Å². The Morgan fingerprint density at radius 2 is 2.00 bits per heavy atom. The average Bonchev–Trinajstić information content (AvgIpc) is 3.40. The van der Waals surface area contributed by atoms with Crippen LogP contribution < -0.4 is 10.6 Å². The molecule has 2 aromatic heterocycles. The minimum Gasteiger partial charge on any atom is -0.468 e. The molecule has 1 unspecified atom stereocenters. The zero-order valence-electron chi connectivity index (χ0n) is 17.7. The minimum atomic E-state index is 0. The van der Waals surface area contributed by atoms with Gasteiger partial charge in [-0.15, -0.1) is 24.0 Å². The fourth-order valence-corrected chi connectivity index (χ4v) is 3.84. The summed E-state index contributed by atoms with van der Waals surface area (Å²) in [6, 6.07) is 4.24. The molecule has 1 aliphatic rings. The van der Waals surface area contributed by atoms with Crippen LogP contribution in [0.15, 0.2) is 32.3 Å². The van der Waals surface area contributed by atoms with Crippen molar-refractivity contribution in [2.24, 2.45) is 4.99 Å². The zero-order valence-corrected chi connectivity index (χ0v) is 20.1. The number of guanidine groups is 1. The molecule has 0 radical (unpaired) electrons. The van der Waals surface area contributed by atoms with Crippen molar-refractivity contribution in [2.75, 3.05) is 26.7 Å². The molecule has 0 bridgehead atoms. The van der Waals surface area contributed by atoms with E-state index in [1.807, 2.05) is 6.07 Å². The van der Waals surface area contributed by atoms with Crippen molar-refractivity contribution in [1.82, 2.24) is 20.7 Å². The smallest absolute Gasteiger partial charge is 0.191 e. The van der Waals surface area contributed by atoms with Crippen LogP contribution in [0.4, 0.5) is 0 Å². The monoisotopic (exact) mass is 515 g/mol. The molecule has 1 aliphatic heterocycles. The molecule has 162 valence electrons. The normalized spacial score (nSPS) is 16.3. The van der Waals surface area contributed by atoms with Gasteiger partial charge in [-0.1, -0.05) is 25.4 Å². The summed E-state index contributed by atoms with van der Waals surface area (Å²) in [5.74, 6) is 2.73. The van der Waals surface area contributed by atoms with E-state index in [0.29, 0.717) is 6.54 Å². The van der Waals surface area contributed by atoms with Crippen LogP contribution in [-0.2, 0) is 19.4 Å². The number of aliphatic imine (C=N–C) groups is 1. The number of rotatable bonds is 8. The maximum Gasteiger partial charge on any atom is 0.191 e. The van der Waals surface area contributed by atoms with Crippen molar-refractivity contribution < 1.29 is 8.94 Å². The van der Waals surface area contributed by atoms with Crippen molar-refractivity contribution in [3.63, 3.8) is 0 Å². The van der Waals surface area contributed by atoms with Gasteiger partial charge in [0.2, 0.25) is 0 Å².